The number of hydrogen-bond donors (Lipinski definition) is 1. The van der Waals surface area contributed by atoms with Gasteiger partial charge in [-0.25, -0.2) is 4.79 Å². The lowest BCUT2D eigenvalue weighted by atomic mass is 10.2. The molecular formula is C23H39NO5Si. The standard InChI is InChI=1S/C23H39NO5Si/c1-22(2,3)28-21(26)24-14-20(29-30(7,8)23(4,5)6)13-18(24)16-27-19-11-9-17(15-25)10-12-19/h9-12,18,20,25H,13-16H2,1-8H3/t18-,20+/m0/s1. The van der Waals surface area contributed by atoms with Crippen molar-refractivity contribution in [1.82, 2.24) is 4.90 Å². The van der Waals surface area contributed by atoms with Crippen molar-refractivity contribution in [2.24, 2.45) is 0 Å². The molecule has 0 unspecified atom stereocenters. The average molecular weight is 438 g/mol. The SMILES string of the molecule is CC(C)(C)OC(=O)N1C[C@H](O[Si](C)(C)C(C)(C)C)C[C@H]1COc1ccc(CO)cc1. The molecule has 0 saturated carbocycles. The molecule has 0 bridgehead atoms. The summed E-state index contributed by atoms with van der Waals surface area (Å²) in [7, 11) is -1.95. The Labute approximate surface area is 182 Å². The molecule has 1 N–H and O–H groups in total. The normalized spacial score (nSPS) is 20.4. The summed E-state index contributed by atoms with van der Waals surface area (Å²) < 4.78 is 18.2. The number of aliphatic hydroxyl groups is 1. The summed E-state index contributed by atoms with van der Waals surface area (Å²) >= 11 is 0. The number of aliphatic hydroxyl groups excluding tert-OH is 1. The molecular weight excluding hydrogens is 398 g/mol. The maximum Gasteiger partial charge on any atom is 0.410 e. The fourth-order valence-corrected chi connectivity index (χ4v) is 4.50. The van der Waals surface area contributed by atoms with Crippen LogP contribution in [0.1, 0.15) is 53.5 Å². The molecule has 1 heterocycles. The van der Waals surface area contributed by atoms with Crippen molar-refractivity contribution >= 4 is 14.4 Å². The summed E-state index contributed by atoms with van der Waals surface area (Å²) in [4.78, 5) is 14.6. The molecule has 1 aliphatic heterocycles. The van der Waals surface area contributed by atoms with Crippen molar-refractivity contribution in [1.29, 1.82) is 0 Å². The highest BCUT2D eigenvalue weighted by molar-refractivity contribution is 6.74. The topological polar surface area (TPSA) is 68.2 Å². The maximum absolute atomic E-state index is 12.9. The van der Waals surface area contributed by atoms with E-state index < -0.39 is 13.9 Å². The van der Waals surface area contributed by atoms with E-state index in [9.17, 15) is 9.90 Å². The van der Waals surface area contributed by atoms with E-state index in [1.54, 1.807) is 4.90 Å². The molecule has 1 aliphatic rings. The number of rotatable bonds is 6. The molecule has 1 aromatic rings. The van der Waals surface area contributed by atoms with Crippen molar-refractivity contribution in [2.75, 3.05) is 13.2 Å². The molecule has 7 heteroatoms. The third kappa shape index (κ3) is 6.72. The number of benzene rings is 1. The van der Waals surface area contributed by atoms with Crippen LogP contribution in [0.3, 0.4) is 0 Å². The second kappa shape index (κ2) is 9.28. The highest BCUT2D eigenvalue weighted by Gasteiger charge is 2.44. The molecule has 30 heavy (non-hydrogen) atoms. The van der Waals surface area contributed by atoms with Gasteiger partial charge >= 0.3 is 6.09 Å². The molecule has 1 fully saturated rings. The van der Waals surface area contributed by atoms with E-state index >= 15 is 0 Å². The monoisotopic (exact) mass is 437 g/mol. The zero-order valence-electron chi connectivity index (χ0n) is 19.8. The third-order valence-electron chi connectivity index (χ3n) is 5.82. The molecule has 2 atom stereocenters. The van der Waals surface area contributed by atoms with Gasteiger partial charge in [-0.05, 0) is 63.0 Å². The molecule has 1 amide bonds. The van der Waals surface area contributed by atoms with Gasteiger partial charge in [-0.3, -0.25) is 4.90 Å². The molecule has 0 aromatic heterocycles. The van der Waals surface area contributed by atoms with Gasteiger partial charge < -0.3 is 19.0 Å². The van der Waals surface area contributed by atoms with Crippen molar-refractivity contribution in [2.45, 2.75) is 90.4 Å². The van der Waals surface area contributed by atoms with Crippen LogP contribution in [-0.4, -0.2) is 55.3 Å². The highest BCUT2D eigenvalue weighted by Crippen LogP contribution is 2.39. The summed E-state index contributed by atoms with van der Waals surface area (Å²) in [6.45, 7) is 17.6. The smallest absolute Gasteiger partial charge is 0.410 e. The first kappa shape index (κ1) is 24.7. The second-order valence-corrected chi connectivity index (χ2v) is 15.4. The zero-order chi connectivity index (χ0) is 22.7. The lowest BCUT2D eigenvalue weighted by Gasteiger charge is -2.38. The minimum absolute atomic E-state index is 0.00178. The van der Waals surface area contributed by atoms with Crippen LogP contribution >= 0.6 is 0 Å². The number of nitrogens with zero attached hydrogens (tertiary/aromatic N) is 1. The summed E-state index contributed by atoms with van der Waals surface area (Å²) in [6.07, 6.45) is 0.373. The third-order valence-corrected chi connectivity index (χ3v) is 10.4. The predicted molar refractivity (Wildman–Crippen MR) is 121 cm³/mol. The van der Waals surface area contributed by atoms with Crippen LogP contribution in [0.25, 0.3) is 0 Å². The quantitative estimate of drug-likeness (QED) is 0.637. The van der Waals surface area contributed by atoms with Crippen LogP contribution in [-0.2, 0) is 15.8 Å². The highest BCUT2D eigenvalue weighted by atomic mass is 28.4. The number of ether oxygens (including phenoxy) is 2. The van der Waals surface area contributed by atoms with Gasteiger partial charge in [-0.2, -0.15) is 0 Å². The van der Waals surface area contributed by atoms with Gasteiger partial charge in [-0.15, -0.1) is 0 Å². The largest absolute Gasteiger partial charge is 0.491 e. The van der Waals surface area contributed by atoms with Crippen molar-refractivity contribution in [3.8, 4) is 5.75 Å². The Morgan fingerprint density at radius 1 is 1.13 bits per heavy atom. The van der Waals surface area contributed by atoms with Crippen LogP contribution in [0.15, 0.2) is 24.3 Å². The van der Waals surface area contributed by atoms with Crippen molar-refractivity contribution in [3.63, 3.8) is 0 Å². The van der Waals surface area contributed by atoms with Crippen LogP contribution in [0.4, 0.5) is 4.79 Å². The molecule has 6 nitrogen and oxygen atoms in total. The minimum atomic E-state index is -1.95. The second-order valence-electron chi connectivity index (χ2n) is 10.6. The van der Waals surface area contributed by atoms with Crippen LogP contribution in [0.2, 0.25) is 18.1 Å². The van der Waals surface area contributed by atoms with Gasteiger partial charge in [0.2, 0.25) is 0 Å². The van der Waals surface area contributed by atoms with Gasteiger partial charge in [0.25, 0.3) is 0 Å². The first-order valence-electron chi connectivity index (χ1n) is 10.7. The molecule has 0 spiro atoms. The fraction of sp³-hybridized carbons (Fsp3) is 0.696. The summed E-state index contributed by atoms with van der Waals surface area (Å²) in [5, 5.41) is 9.29. The van der Waals surface area contributed by atoms with E-state index in [0.29, 0.717) is 18.9 Å². The van der Waals surface area contributed by atoms with E-state index in [1.807, 2.05) is 45.0 Å². The lowest BCUT2D eigenvalue weighted by molar-refractivity contribution is 0.0174. The van der Waals surface area contributed by atoms with Gasteiger partial charge in [0.15, 0.2) is 8.32 Å². The zero-order valence-corrected chi connectivity index (χ0v) is 20.8. The van der Waals surface area contributed by atoms with E-state index in [4.69, 9.17) is 13.9 Å². The first-order chi connectivity index (χ1) is 13.7. The number of amides is 1. The Kier molecular flexibility index (Phi) is 7.64. The Balaban J connectivity index is 2.10. The molecule has 1 saturated heterocycles. The minimum Gasteiger partial charge on any atom is -0.491 e. The number of hydrogen-bond acceptors (Lipinski definition) is 5. The van der Waals surface area contributed by atoms with E-state index in [0.717, 1.165) is 12.0 Å². The Hall–Kier alpha value is -1.57. The van der Waals surface area contributed by atoms with Gasteiger partial charge in [0.05, 0.1) is 18.8 Å². The number of carbonyl (C=O) groups is 1. The van der Waals surface area contributed by atoms with Crippen LogP contribution < -0.4 is 4.74 Å². The van der Waals surface area contributed by atoms with E-state index in [2.05, 4.69) is 33.9 Å². The van der Waals surface area contributed by atoms with E-state index in [1.165, 1.54) is 0 Å². The maximum atomic E-state index is 12.9. The van der Waals surface area contributed by atoms with Crippen LogP contribution in [0, 0.1) is 0 Å². The summed E-state index contributed by atoms with van der Waals surface area (Å²) in [5.74, 6) is 0.713. The van der Waals surface area contributed by atoms with E-state index in [-0.39, 0.29) is 29.9 Å². The number of carbonyl (C=O) groups excluding carboxylic acids is 1. The summed E-state index contributed by atoms with van der Waals surface area (Å²) in [5.41, 5.74) is 0.280. The fourth-order valence-electron chi connectivity index (χ4n) is 3.14. The van der Waals surface area contributed by atoms with Gasteiger partial charge in [-0.1, -0.05) is 32.9 Å². The first-order valence-corrected chi connectivity index (χ1v) is 13.6. The van der Waals surface area contributed by atoms with Gasteiger partial charge in [0.1, 0.15) is 18.0 Å². The number of likely N-dealkylation sites (tertiary alicyclic amines) is 1. The lowest BCUT2D eigenvalue weighted by Crippen LogP contribution is -2.45. The molecule has 170 valence electrons. The predicted octanol–water partition coefficient (Wildman–Crippen LogP) is 4.96. The van der Waals surface area contributed by atoms with Crippen LogP contribution in [0.5, 0.6) is 5.75 Å². The summed E-state index contributed by atoms with van der Waals surface area (Å²) in [6, 6.07) is 7.22. The average Bonchev–Trinajstić information content (AvgIpc) is 3.00. The van der Waals surface area contributed by atoms with Gasteiger partial charge in [0, 0.05) is 6.54 Å². The molecule has 2 rings (SSSR count). The molecule has 1 aromatic carbocycles. The van der Waals surface area contributed by atoms with Crippen molar-refractivity contribution in [3.05, 3.63) is 29.8 Å². The van der Waals surface area contributed by atoms with Crippen molar-refractivity contribution < 1.29 is 23.8 Å². The molecule has 0 radical (unpaired) electrons. The Bertz CT molecular complexity index is 706. The Morgan fingerprint density at radius 2 is 1.73 bits per heavy atom. The molecule has 0 aliphatic carbocycles. The Morgan fingerprint density at radius 3 is 2.23 bits per heavy atom.